The number of allylic oxidation sites excluding steroid dienone is 2. The molecule has 0 radical (unpaired) electrons. The molecule has 6 heteroatoms. The van der Waals surface area contributed by atoms with Gasteiger partial charge in [0.1, 0.15) is 5.75 Å². The van der Waals surface area contributed by atoms with Gasteiger partial charge in [-0.05, 0) is 17.7 Å². The third-order valence-electron chi connectivity index (χ3n) is 3.00. The van der Waals surface area contributed by atoms with Gasteiger partial charge in [-0.3, -0.25) is 0 Å². The number of ether oxygens (including phenoxy) is 1. The molecule has 1 heterocycles. The molecule has 100 valence electrons. The van der Waals surface area contributed by atoms with Crippen molar-refractivity contribution in [2.45, 2.75) is 5.92 Å². The average molecular weight is 284 g/mol. The molecule has 2 rings (SSSR count). The SMILES string of the molecule is COc1cccc(C2C(C#N)=C(N)SC(N)=C2C#N)c1. The van der Waals surface area contributed by atoms with Crippen LogP contribution in [0.1, 0.15) is 11.5 Å². The quantitative estimate of drug-likeness (QED) is 0.858. The molecule has 20 heavy (non-hydrogen) atoms. The van der Waals surface area contributed by atoms with Gasteiger partial charge >= 0.3 is 0 Å². The lowest BCUT2D eigenvalue weighted by Crippen LogP contribution is -2.18. The van der Waals surface area contributed by atoms with Crippen molar-refractivity contribution < 1.29 is 4.74 Å². The molecular weight excluding hydrogens is 272 g/mol. The normalized spacial score (nSPS) is 15.8. The number of methoxy groups -OCH3 is 1. The summed E-state index contributed by atoms with van der Waals surface area (Å²) < 4.78 is 5.17. The molecule has 0 bridgehead atoms. The molecule has 0 saturated carbocycles. The van der Waals surface area contributed by atoms with Gasteiger partial charge in [-0.25, -0.2) is 0 Å². The molecule has 0 atom stereocenters. The third-order valence-corrected chi connectivity index (χ3v) is 3.88. The number of nitrogens with zero attached hydrogens (tertiary/aromatic N) is 2. The van der Waals surface area contributed by atoms with Crippen molar-refractivity contribution in [1.82, 2.24) is 0 Å². The molecule has 0 saturated heterocycles. The first-order valence-electron chi connectivity index (χ1n) is 5.73. The summed E-state index contributed by atoms with van der Waals surface area (Å²) in [4.78, 5) is 0. The average Bonchev–Trinajstić information content (AvgIpc) is 2.46. The summed E-state index contributed by atoms with van der Waals surface area (Å²) in [6, 6.07) is 11.3. The van der Waals surface area contributed by atoms with E-state index in [0.717, 1.165) is 17.3 Å². The van der Waals surface area contributed by atoms with E-state index in [2.05, 4.69) is 12.1 Å². The van der Waals surface area contributed by atoms with Crippen LogP contribution in [0.15, 0.2) is 45.5 Å². The van der Waals surface area contributed by atoms with Crippen LogP contribution in [-0.4, -0.2) is 7.11 Å². The van der Waals surface area contributed by atoms with E-state index in [1.165, 1.54) is 0 Å². The van der Waals surface area contributed by atoms with Gasteiger partial charge < -0.3 is 16.2 Å². The van der Waals surface area contributed by atoms with Crippen LogP contribution >= 0.6 is 11.8 Å². The van der Waals surface area contributed by atoms with Crippen LogP contribution in [0, 0.1) is 22.7 Å². The largest absolute Gasteiger partial charge is 0.497 e. The van der Waals surface area contributed by atoms with Crippen molar-refractivity contribution in [2.75, 3.05) is 7.11 Å². The number of hydrogen-bond donors (Lipinski definition) is 2. The van der Waals surface area contributed by atoms with Crippen LogP contribution < -0.4 is 16.2 Å². The predicted molar refractivity (Wildman–Crippen MR) is 77.0 cm³/mol. The number of benzene rings is 1. The molecule has 0 unspecified atom stereocenters. The van der Waals surface area contributed by atoms with Crippen molar-refractivity contribution in [3.8, 4) is 17.9 Å². The Kier molecular flexibility index (Phi) is 3.88. The van der Waals surface area contributed by atoms with Gasteiger partial charge in [0.05, 0.1) is 46.4 Å². The van der Waals surface area contributed by atoms with Crippen molar-refractivity contribution in [3.63, 3.8) is 0 Å². The van der Waals surface area contributed by atoms with E-state index in [-0.39, 0.29) is 0 Å². The first-order valence-corrected chi connectivity index (χ1v) is 6.55. The maximum Gasteiger partial charge on any atom is 0.119 e. The van der Waals surface area contributed by atoms with Crippen LogP contribution in [0.2, 0.25) is 0 Å². The molecule has 1 aromatic carbocycles. The Bertz CT molecular complexity index is 658. The van der Waals surface area contributed by atoms with Gasteiger partial charge in [0.25, 0.3) is 0 Å². The Labute approximate surface area is 121 Å². The van der Waals surface area contributed by atoms with Gasteiger partial charge in [0.2, 0.25) is 0 Å². The molecule has 0 aliphatic carbocycles. The third kappa shape index (κ3) is 2.29. The molecule has 1 aliphatic rings. The Morgan fingerprint density at radius 2 is 1.75 bits per heavy atom. The highest BCUT2D eigenvalue weighted by Gasteiger charge is 2.31. The van der Waals surface area contributed by atoms with E-state index in [1.807, 2.05) is 6.07 Å². The summed E-state index contributed by atoms with van der Waals surface area (Å²) in [6.07, 6.45) is 0. The molecule has 0 spiro atoms. The van der Waals surface area contributed by atoms with Crippen LogP contribution in [0.3, 0.4) is 0 Å². The summed E-state index contributed by atoms with van der Waals surface area (Å²) in [6.45, 7) is 0. The first-order chi connectivity index (χ1) is 9.62. The Morgan fingerprint density at radius 1 is 1.15 bits per heavy atom. The van der Waals surface area contributed by atoms with E-state index in [0.29, 0.717) is 27.0 Å². The van der Waals surface area contributed by atoms with Crippen LogP contribution in [-0.2, 0) is 0 Å². The Balaban J connectivity index is 2.62. The van der Waals surface area contributed by atoms with Crippen molar-refractivity contribution in [3.05, 3.63) is 51.0 Å². The highest BCUT2D eigenvalue weighted by molar-refractivity contribution is 8.06. The molecule has 5 nitrogen and oxygen atoms in total. The van der Waals surface area contributed by atoms with Crippen LogP contribution in [0.5, 0.6) is 5.75 Å². The summed E-state index contributed by atoms with van der Waals surface area (Å²) in [7, 11) is 1.56. The monoisotopic (exact) mass is 284 g/mol. The fourth-order valence-electron chi connectivity index (χ4n) is 2.05. The number of nitriles is 2. The lowest BCUT2D eigenvalue weighted by atomic mass is 9.86. The van der Waals surface area contributed by atoms with Gasteiger partial charge in [0.15, 0.2) is 0 Å². The van der Waals surface area contributed by atoms with E-state index < -0.39 is 5.92 Å². The minimum atomic E-state index is -0.540. The molecule has 1 aliphatic heterocycles. The molecule has 4 N–H and O–H groups in total. The highest BCUT2D eigenvalue weighted by Crippen LogP contribution is 2.43. The summed E-state index contributed by atoms with van der Waals surface area (Å²) >= 11 is 1.05. The van der Waals surface area contributed by atoms with Gasteiger partial charge in [-0.1, -0.05) is 23.9 Å². The van der Waals surface area contributed by atoms with Crippen LogP contribution in [0.25, 0.3) is 0 Å². The molecule has 0 amide bonds. The summed E-state index contributed by atoms with van der Waals surface area (Å²) in [5.41, 5.74) is 13.2. The van der Waals surface area contributed by atoms with E-state index in [1.54, 1.807) is 25.3 Å². The minimum absolute atomic E-state index is 0.330. The fourth-order valence-corrected chi connectivity index (χ4v) is 2.83. The topological polar surface area (TPSA) is 109 Å². The van der Waals surface area contributed by atoms with Crippen molar-refractivity contribution in [1.29, 1.82) is 10.5 Å². The second-order valence-electron chi connectivity index (χ2n) is 4.09. The smallest absolute Gasteiger partial charge is 0.119 e. The number of rotatable bonds is 2. The molecule has 1 aromatic rings. The zero-order chi connectivity index (χ0) is 14.7. The minimum Gasteiger partial charge on any atom is -0.497 e. The van der Waals surface area contributed by atoms with Gasteiger partial charge in [-0.2, -0.15) is 10.5 Å². The Hall–Kier alpha value is -2.57. The Morgan fingerprint density at radius 3 is 2.25 bits per heavy atom. The zero-order valence-electron chi connectivity index (χ0n) is 10.8. The summed E-state index contributed by atoms with van der Waals surface area (Å²) in [5, 5.41) is 19.3. The second kappa shape index (κ2) is 5.60. The molecule has 0 aromatic heterocycles. The fraction of sp³-hybridized carbons (Fsp3) is 0.143. The van der Waals surface area contributed by atoms with Crippen LogP contribution in [0.4, 0.5) is 0 Å². The number of thioether (sulfide) groups is 1. The first kappa shape index (κ1) is 13.9. The molecule has 0 fully saturated rings. The lowest BCUT2D eigenvalue weighted by molar-refractivity contribution is 0.414. The maximum absolute atomic E-state index is 9.31. The van der Waals surface area contributed by atoms with Gasteiger partial charge in [-0.15, -0.1) is 0 Å². The predicted octanol–water partition coefficient (Wildman–Crippen LogP) is 1.91. The number of nitrogens with two attached hydrogens (primary N) is 2. The van der Waals surface area contributed by atoms with E-state index in [9.17, 15) is 10.5 Å². The maximum atomic E-state index is 9.31. The summed E-state index contributed by atoms with van der Waals surface area (Å²) in [5.74, 6) is 0.105. The van der Waals surface area contributed by atoms with E-state index >= 15 is 0 Å². The van der Waals surface area contributed by atoms with Crippen molar-refractivity contribution >= 4 is 11.8 Å². The van der Waals surface area contributed by atoms with E-state index in [4.69, 9.17) is 16.2 Å². The van der Waals surface area contributed by atoms with Gasteiger partial charge in [0, 0.05) is 0 Å². The number of hydrogen-bond acceptors (Lipinski definition) is 6. The molecular formula is C14H12N4OS. The van der Waals surface area contributed by atoms with Crippen molar-refractivity contribution in [2.24, 2.45) is 11.5 Å². The second-order valence-corrected chi connectivity index (χ2v) is 5.17. The standard InChI is InChI=1S/C14H12N4OS/c1-19-9-4-2-3-8(5-9)12-10(6-15)13(17)20-14(18)11(12)7-16/h2-5,12H,17-18H2,1H3. The lowest BCUT2D eigenvalue weighted by Gasteiger charge is -2.23. The highest BCUT2D eigenvalue weighted by atomic mass is 32.2. The zero-order valence-corrected chi connectivity index (χ0v) is 11.6.